The summed E-state index contributed by atoms with van der Waals surface area (Å²) in [5, 5.41) is 40.7. The zero-order valence-electron chi connectivity index (χ0n) is 70.1. The zero-order valence-corrected chi connectivity index (χ0v) is 75.0. The lowest BCUT2D eigenvalue weighted by molar-refractivity contribution is 0.420. The van der Waals surface area contributed by atoms with Crippen molar-refractivity contribution >= 4 is 121 Å². The molecule has 0 bridgehead atoms. The fourth-order valence-electron chi connectivity index (χ4n) is 8.02. The number of imidazole rings is 2. The van der Waals surface area contributed by atoms with E-state index in [9.17, 15) is 0 Å². The summed E-state index contributed by atoms with van der Waals surface area (Å²) in [6.45, 7) is 0.778. The van der Waals surface area contributed by atoms with Crippen LogP contribution in [0, 0.1) is 0 Å². The molecule has 0 fully saturated rings. The Balaban J connectivity index is 0.000000213. The van der Waals surface area contributed by atoms with Crippen LogP contribution in [0.25, 0.3) is 52.5 Å². The molecular formula is C94H90N28O3S6. The minimum Gasteiger partial charge on any atom is -0.473 e. The van der Waals surface area contributed by atoms with E-state index < -0.39 is 0 Å². The molecule has 131 heavy (non-hydrogen) atoms. The number of thiophene rings is 4. The van der Waals surface area contributed by atoms with Crippen LogP contribution in [0.5, 0.6) is 0 Å². The number of para-hydroxylation sites is 5. The number of H-pyrrole nitrogens is 5. The number of nitrogens with one attached hydrogen (secondary N) is 5. The molecule has 0 amide bonds. The lowest BCUT2D eigenvalue weighted by Crippen LogP contribution is -1.78. The number of fused-ring (bicyclic) bond motifs is 5. The van der Waals surface area contributed by atoms with Crippen LogP contribution in [0.3, 0.4) is 0 Å². The molecule has 0 atom stereocenters. The van der Waals surface area contributed by atoms with Crippen LogP contribution < -0.4 is 0 Å². The minimum absolute atomic E-state index is 0.778. The second-order valence-corrected chi connectivity index (χ2v) is 27.6. The lowest BCUT2D eigenvalue weighted by atomic mass is 10.3. The van der Waals surface area contributed by atoms with Crippen LogP contribution >= 0.6 is 68.2 Å². The van der Waals surface area contributed by atoms with Crippen LogP contribution in [-0.2, 0) is 0 Å². The van der Waals surface area contributed by atoms with Crippen molar-refractivity contribution in [2.75, 3.05) is 6.54 Å². The van der Waals surface area contributed by atoms with Gasteiger partial charge in [-0.15, -0.1) is 45.3 Å². The molecule has 1 aliphatic rings. The largest absolute Gasteiger partial charge is 0.473 e. The van der Waals surface area contributed by atoms with Crippen LogP contribution in [0.2, 0.25) is 0 Å². The smallest absolute Gasteiger partial charge is 0.180 e. The number of azo groups is 1. The van der Waals surface area contributed by atoms with Gasteiger partial charge in [0, 0.05) is 191 Å². The van der Waals surface area contributed by atoms with E-state index in [4.69, 9.17) is 0 Å². The number of hydrogen-bond acceptors (Lipinski definition) is 32. The lowest BCUT2D eigenvalue weighted by Gasteiger charge is -1.90. The Bertz CT molecular complexity index is 5000. The molecule has 0 saturated carbocycles. The fraction of sp³-hybridized carbons (Fsp3) is 0.0106. The molecule has 0 spiro atoms. The number of aromatic amines is 5. The van der Waals surface area contributed by atoms with E-state index in [1.807, 2.05) is 186 Å². The van der Waals surface area contributed by atoms with Crippen molar-refractivity contribution in [2.45, 2.75) is 0 Å². The van der Waals surface area contributed by atoms with Crippen molar-refractivity contribution in [3.05, 3.63) is 504 Å². The van der Waals surface area contributed by atoms with Gasteiger partial charge in [0.15, 0.2) is 6.39 Å². The molecule has 25 aromatic rings. The van der Waals surface area contributed by atoms with Gasteiger partial charge in [0.2, 0.25) is 0 Å². The number of nitrogens with zero attached hydrogens (tertiary/aromatic N) is 23. The Morgan fingerprint density at radius 2 is 0.916 bits per heavy atom. The molecule has 0 radical (unpaired) electrons. The number of benzene rings is 4. The van der Waals surface area contributed by atoms with Crippen LogP contribution in [0.15, 0.2) is 528 Å². The normalized spacial score (nSPS) is 9.13. The highest BCUT2D eigenvalue weighted by Crippen LogP contribution is 2.25. The summed E-state index contributed by atoms with van der Waals surface area (Å²) in [6, 6.07) is 69.1. The van der Waals surface area contributed by atoms with E-state index in [1.54, 1.807) is 254 Å². The molecule has 0 unspecified atom stereocenters. The summed E-state index contributed by atoms with van der Waals surface area (Å²) in [5.41, 5.74) is 7.02. The summed E-state index contributed by atoms with van der Waals surface area (Å²) in [4.78, 5) is 71.7. The van der Waals surface area contributed by atoms with Crippen LogP contribution in [0.4, 0.5) is 0 Å². The van der Waals surface area contributed by atoms with E-state index in [-0.39, 0.29) is 0 Å². The minimum atomic E-state index is 0.778. The third-order valence-electron chi connectivity index (χ3n) is 13.5. The van der Waals surface area contributed by atoms with Gasteiger partial charge in [0.1, 0.15) is 37.8 Å². The number of aromatic nitrogens is 26. The van der Waals surface area contributed by atoms with Gasteiger partial charge in [0.05, 0.1) is 71.7 Å². The number of oxazole rings is 1. The Labute approximate surface area is 779 Å². The quantitative estimate of drug-likeness (QED) is 0.0941. The van der Waals surface area contributed by atoms with Gasteiger partial charge in [-0.1, -0.05) is 84.0 Å². The average Bonchev–Trinajstić information content (AvgIpc) is 1.80. The molecule has 5 N–H and O–H groups in total. The second-order valence-electron chi connectivity index (χ2n) is 22.5. The monoisotopic (exact) mass is 1850 g/mol. The third kappa shape index (κ3) is 58.7. The van der Waals surface area contributed by atoms with E-state index in [1.165, 1.54) is 86.2 Å². The maximum Gasteiger partial charge on any atom is 0.180 e. The summed E-state index contributed by atoms with van der Waals surface area (Å²) < 4.78 is 21.3. The molecule has 37 heteroatoms. The molecule has 0 saturated heterocycles. The molecule has 660 valence electrons. The zero-order chi connectivity index (χ0) is 91.3. The Kier molecular flexibility index (Phi) is 62.0. The third-order valence-corrected chi connectivity index (χ3v) is 17.9. The molecule has 31 nitrogen and oxygen atoms in total. The van der Waals surface area contributed by atoms with Gasteiger partial charge in [-0.3, -0.25) is 45.0 Å². The van der Waals surface area contributed by atoms with Gasteiger partial charge >= 0.3 is 0 Å². The summed E-state index contributed by atoms with van der Waals surface area (Å²) >= 11 is 10.2. The van der Waals surface area contributed by atoms with E-state index in [0.29, 0.717) is 0 Å². The SMILES string of the molecule is C1=CN=NC1.c1c[nH]cn1.c1cc2sccc2s1.c1cc[nH]c1.c1ccc2[nH]ccc2c1.c1ccc2[nH]cnc2c1.c1ccc2nccnc2c1.c1ccc2sccc2c1.c1ccncc1.c1ccnnc1.c1ccoc1.c1ccsc1.c1cn[nH]c1.c1cnccn1.c1cnccn1.c1cncnc1.c1cnoc1.c1cnsc1.c1cocn1.c1cscn1.c1ncncn1. The number of rotatable bonds is 0. The number of hydrogen-bond donors (Lipinski definition) is 5. The molecule has 4 aromatic carbocycles. The maximum absolute atomic E-state index is 4.58. The van der Waals surface area contributed by atoms with Crippen molar-refractivity contribution in [2.24, 2.45) is 10.2 Å². The van der Waals surface area contributed by atoms with Gasteiger partial charge in [-0.2, -0.15) is 36.9 Å². The molecule has 21 aromatic heterocycles. The first kappa shape index (κ1) is 103. The van der Waals surface area contributed by atoms with Crippen molar-refractivity contribution in [3.63, 3.8) is 0 Å². The first-order valence-electron chi connectivity index (χ1n) is 38.7. The Morgan fingerprint density at radius 3 is 1.26 bits per heavy atom. The highest BCUT2D eigenvalue weighted by Gasteiger charge is 1.93. The first-order chi connectivity index (χ1) is 65.3. The van der Waals surface area contributed by atoms with E-state index >= 15 is 0 Å². The molecular weight excluding hydrogens is 1760 g/mol. The highest BCUT2D eigenvalue weighted by molar-refractivity contribution is 7.25. The average molecular weight is 1850 g/mol. The van der Waals surface area contributed by atoms with Crippen molar-refractivity contribution in [1.82, 2.24) is 130 Å². The number of pyridine rings is 1. The van der Waals surface area contributed by atoms with Crippen LogP contribution in [-0.4, -0.2) is 136 Å². The Morgan fingerprint density at radius 1 is 0.305 bits per heavy atom. The van der Waals surface area contributed by atoms with Crippen molar-refractivity contribution in [1.29, 1.82) is 0 Å². The predicted molar refractivity (Wildman–Crippen MR) is 525 cm³/mol. The fourth-order valence-corrected chi connectivity index (χ4v) is 11.8. The van der Waals surface area contributed by atoms with Gasteiger partial charge in [-0.25, -0.2) is 44.2 Å². The Hall–Kier alpha value is -17.0. The standard InChI is InChI=1S/C8H6N2.C8H7N.C8H6S.C7H6N2.C6H4S2.C5H5N.4C4H4N2.C4H5N.C4H4O.C4H4S.C3H3N3.3C3H4N2.2C3H3NO.2C3H3NS/c1-2-4-8-7(3-1)9-5-6-10-8;2*1-2-4-8-7(3-1)5-6-9-8;1-2-4-7-6(3-1)8-5-9-7;1-3-7-6-2-4-8-5(1)6;1-2-4-6-5-3-1;2*1-2-6-4-3-5-1;1-2-5-4-6-3-1;1-2-4-6-5-3-1;3*1-2-4-5-3-1;1-4-2-6-3-5-1;1-2-5-3-4-1;2*1-2-4-5-3-1;1-2-5-3-4-1;1-2-4-5-3-1;1-2-5-3-4-1;1-2-4-5-3-1/h1-6H;1-6,9H;1-6H;1-5H,(H,8,9);1-4H;1-5H;4*1-4H;1-5H;2*1-4H;1-3H;1-3H,(H,4,5);1-2H,3H2;1-3H,(H,4,5);4*1-3H. The highest BCUT2D eigenvalue weighted by atomic mass is 32.1. The second kappa shape index (κ2) is 79.0. The van der Waals surface area contributed by atoms with Gasteiger partial charge in [-0.05, 0) is 189 Å². The van der Waals surface area contributed by atoms with Crippen molar-refractivity contribution in [3.8, 4) is 0 Å². The number of thiazole rings is 1. The first-order valence-corrected chi connectivity index (χ1v) is 44.0. The molecule has 26 rings (SSSR count). The van der Waals surface area contributed by atoms with E-state index in [0.717, 1.165) is 28.6 Å². The van der Waals surface area contributed by atoms with Gasteiger partial charge < -0.3 is 33.3 Å². The predicted octanol–water partition coefficient (Wildman–Crippen LogP) is 23.5. The topological polar surface area (TPSA) is 414 Å². The molecule has 0 aliphatic carbocycles. The van der Waals surface area contributed by atoms with Crippen LogP contribution in [0.1, 0.15) is 0 Å². The summed E-state index contributed by atoms with van der Waals surface area (Å²) in [6.07, 6.45) is 66.4. The molecule has 22 heterocycles. The van der Waals surface area contributed by atoms with Crippen molar-refractivity contribution < 1.29 is 13.4 Å². The van der Waals surface area contributed by atoms with E-state index in [2.05, 4.69) is 230 Å². The summed E-state index contributed by atoms with van der Waals surface area (Å²) in [5.74, 6) is 0. The van der Waals surface area contributed by atoms with Gasteiger partial charge in [0.25, 0.3) is 0 Å². The molecule has 1 aliphatic heterocycles. The number of furan rings is 1. The summed E-state index contributed by atoms with van der Waals surface area (Å²) in [7, 11) is 0. The maximum atomic E-state index is 4.58.